The Morgan fingerprint density at radius 1 is 1.47 bits per heavy atom. The smallest absolute Gasteiger partial charge is 0.270 e. The van der Waals surface area contributed by atoms with Crippen LogP contribution in [0.15, 0.2) is 30.5 Å². The number of hydrogen-bond acceptors (Lipinski definition) is 5. The van der Waals surface area contributed by atoms with Crippen molar-refractivity contribution in [3.05, 3.63) is 36.2 Å². The number of nitrogens with one attached hydrogen (secondary N) is 1. The maximum atomic E-state index is 10.9. The Balaban J connectivity index is 2.11. The van der Waals surface area contributed by atoms with Crippen molar-refractivity contribution < 1.29 is 9.53 Å². The van der Waals surface area contributed by atoms with Crippen LogP contribution in [0.2, 0.25) is 0 Å². The first-order valence-corrected chi connectivity index (χ1v) is 5.80. The van der Waals surface area contributed by atoms with E-state index in [-0.39, 0.29) is 11.8 Å². The predicted molar refractivity (Wildman–Crippen MR) is 69.8 cm³/mol. The first-order chi connectivity index (χ1) is 9.04. The Kier molecular flexibility index (Phi) is 3.65. The highest BCUT2D eigenvalue weighted by Gasteiger charge is 2.06. The van der Waals surface area contributed by atoms with Gasteiger partial charge in [0.15, 0.2) is 5.69 Å². The van der Waals surface area contributed by atoms with E-state index in [0.29, 0.717) is 0 Å². The molecule has 0 bridgehead atoms. The van der Waals surface area contributed by atoms with Crippen molar-refractivity contribution in [3.63, 3.8) is 0 Å². The third-order valence-corrected chi connectivity index (χ3v) is 2.20. The number of aromatic nitrogens is 3. The molecule has 0 fully saturated rings. The summed E-state index contributed by atoms with van der Waals surface area (Å²) in [5.74, 6) is 0.125. The zero-order valence-electron chi connectivity index (χ0n) is 10.7. The van der Waals surface area contributed by atoms with Gasteiger partial charge >= 0.3 is 0 Å². The number of carbonyl (C=O) groups is 1. The summed E-state index contributed by atoms with van der Waals surface area (Å²) in [6.45, 7) is 3.91. The second-order valence-corrected chi connectivity index (χ2v) is 4.22. The molecule has 2 aromatic rings. The SMILES string of the molecule is CC(C)Oc1cccc(Nn2cc(C(N)=O)nn2)c1. The van der Waals surface area contributed by atoms with Gasteiger partial charge in [-0.1, -0.05) is 6.07 Å². The monoisotopic (exact) mass is 261 g/mol. The van der Waals surface area contributed by atoms with Gasteiger partial charge in [-0.3, -0.25) is 10.2 Å². The van der Waals surface area contributed by atoms with E-state index in [4.69, 9.17) is 10.5 Å². The van der Waals surface area contributed by atoms with Crippen molar-refractivity contribution in [3.8, 4) is 5.75 Å². The third-order valence-electron chi connectivity index (χ3n) is 2.20. The summed E-state index contributed by atoms with van der Waals surface area (Å²) in [5.41, 5.74) is 8.91. The van der Waals surface area contributed by atoms with Crippen LogP contribution in [0.3, 0.4) is 0 Å². The molecule has 0 aliphatic carbocycles. The van der Waals surface area contributed by atoms with Crippen LogP contribution in [0, 0.1) is 0 Å². The summed E-state index contributed by atoms with van der Waals surface area (Å²) < 4.78 is 5.58. The molecule has 1 aromatic heterocycles. The lowest BCUT2D eigenvalue weighted by Gasteiger charge is -2.11. The summed E-state index contributed by atoms with van der Waals surface area (Å²) in [6.07, 6.45) is 1.52. The fourth-order valence-corrected chi connectivity index (χ4v) is 1.47. The van der Waals surface area contributed by atoms with Gasteiger partial charge in [0.1, 0.15) is 5.75 Å². The third kappa shape index (κ3) is 3.44. The van der Waals surface area contributed by atoms with E-state index in [1.54, 1.807) is 0 Å². The molecule has 0 spiro atoms. The second-order valence-electron chi connectivity index (χ2n) is 4.22. The predicted octanol–water partition coefficient (Wildman–Crippen LogP) is 1.04. The minimum absolute atomic E-state index is 0.0992. The Morgan fingerprint density at radius 2 is 2.26 bits per heavy atom. The largest absolute Gasteiger partial charge is 0.491 e. The fourth-order valence-electron chi connectivity index (χ4n) is 1.47. The molecule has 7 nitrogen and oxygen atoms in total. The highest BCUT2D eigenvalue weighted by Crippen LogP contribution is 2.18. The summed E-state index contributed by atoms with van der Waals surface area (Å²) in [5, 5.41) is 7.36. The molecule has 2 rings (SSSR count). The van der Waals surface area contributed by atoms with E-state index in [1.165, 1.54) is 11.0 Å². The number of primary amides is 1. The molecule has 0 unspecified atom stereocenters. The second kappa shape index (κ2) is 5.38. The van der Waals surface area contributed by atoms with E-state index >= 15 is 0 Å². The number of nitrogens with two attached hydrogens (primary N) is 1. The normalized spacial score (nSPS) is 10.5. The van der Waals surface area contributed by atoms with Crippen LogP contribution in [0.5, 0.6) is 5.75 Å². The van der Waals surface area contributed by atoms with Crippen LogP contribution in [-0.4, -0.2) is 27.1 Å². The van der Waals surface area contributed by atoms with E-state index in [9.17, 15) is 4.79 Å². The number of ether oxygens (including phenoxy) is 1. The maximum absolute atomic E-state index is 10.9. The number of anilines is 1. The van der Waals surface area contributed by atoms with Crippen LogP contribution >= 0.6 is 0 Å². The average Bonchev–Trinajstić information content (AvgIpc) is 2.77. The highest BCUT2D eigenvalue weighted by molar-refractivity contribution is 5.90. The first kappa shape index (κ1) is 12.9. The number of hydrogen-bond donors (Lipinski definition) is 2. The van der Waals surface area contributed by atoms with Gasteiger partial charge in [0, 0.05) is 6.07 Å². The molecular weight excluding hydrogens is 246 g/mol. The quantitative estimate of drug-likeness (QED) is 0.838. The van der Waals surface area contributed by atoms with Crippen LogP contribution in [-0.2, 0) is 0 Å². The van der Waals surface area contributed by atoms with Gasteiger partial charge in [-0.2, -0.15) is 4.79 Å². The average molecular weight is 261 g/mol. The molecule has 7 heteroatoms. The topological polar surface area (TPSA) is 95.1 Å². The molecule has 1 amide bonds. The van der Waals surface area contributed by atoms with Gasteiger partial charge in [0.25, 0.3) is 5.91 Å². The minimum Gasteiger partial charge on any atom is -0.491 e. The van der Waals surface area contributed by atoms with Gasteiger partial charge in [-0.05, 0) is 31.2 Å². The molecule has 0 atom stereocenters. The Bertz CT molecular complexity index is 579. The molecule has 1 aromatic carbocycles. The minimum atomic E-state index is -0.620. The van der Waals surface area contributed by atoms with Crippen molar-refractivity contribution in [1.29, 1.82) is 0 Å². The lowest BCUT2D eigenvalue weighted by atomic mass is 10.3. The van der Waals surface area contributed by atoms with Gasteiger partial charge < -0.3 is 10.5 Å². The molecule has 0 saturated heterocycles. The van der Waals surface area contributed by atoms with Crippen LogP contribution in [0.4, 0.5) is 5.69 Å². The lowest BCUT2D eigenvalue weighted by Crippen LogP contribution is -2.12. The zero-order chi connectivity index (χ0) is 13.8. The van der Waals surface area contributed by atoms with E-state index in [2.05, 4.69) is 15.7 Å². The fraction of sp³-hybridized carbons (Fsp3) is 0.250. The maximum Gasteiger partial charge on any atom is 0.270 e. The summed E-state index contributed by atoms with van der Waals surface area (Å²) >= 11 is 0. The van der Waals surface area contributed by atoms with Crippen LogP contribution < -0.4 is 15.9 Å². The van der Waals surface area contributed by atoms with Gasteiger partial charge in [-0.25, -0.2) is 0 Å². The molecule has 0 saturated carbocycles. The Hall–Kier alpha value is -2.57. The van der Waals surface area contributed by atoms with Crippen LogP contribution in [0.25, 0.3) is 0 Å². The van der Waals surface area contributed by atoms with Crippen molar-refractivity contribution in [1.82, 2.24) is 15.1 Å². The summed E-state index contributed by atoms with van der Waals surface area (Å²) in [6, 6.07) is 7.39. The number of nitrogens with zero attached hydrogens (tertiary/aromatic N) is 3. The Labute approximate surface area is 110 Å². The molecule has 100 valence electrons. The van der Waals surface area contributed by atoms with Gasteiger partial charge in [0.2, 0.25) is 0 Å². The van der Waals surface area contributed by atoms with Gasteiger partial charge in [-0.15, -0.1) is 5.10 Å². The standard InChI is InChI=1S/C12H15N5O2/c1-8(2)19-10-5-3-4-9(6-10)15-17-7-11(12(13)18)14-16-17/h3-8,15H,1-2H3,(H2,13,18). The zero-order valence-corrected chi connectivity index (χ0v) is 10.7. The number of amides is 1. The van der Waals surface area contributed by atoms with Crippen LogP contribution in [0.1, 0.15) is 24.3 Å². The molecular formula is C12H15N5O2. The summed E-state index contributed by atoms with van der Waals surface area (Å²) in [7, 11) is 0. The molecule has 0 aliphatic heterocycles. The number of rotatable bonds is 5. The first-order valence-electron chi connectivity index (χ1n) is 5.80. The van der Waals surface area contributed by atoms with Crippen molar-refractivity contribution in [2.24, 2.45) is 5.73 Å². The molecule has 1 heterocycles. The Morgan fingerprint density at radius 3 is 2.89 bits per heavy atom. The molecule has 0 radical (unpaired) electrons. The number of benzene rings is 1. The van der Waals surface area contributed by atoms with E-state index < -0.39 is 5.91 Å². The molecule has 0 aliphatic rings. The molecule has 19 heavy (non-hydrogen) atoms. The summed E-state index contributed by atoms with van der Waals surface area (Å²) in [4.78, 5) is 12.2. The van der Waals surface area contributed by atoms with Gasteiger partial charge in [0.05, 0.1) is 18.0 Å². The number of carbonyl (C=O) groups excluding carboxylic acids is 1. The van der Waals surface area contributed by atoms with E-state index in [0.717, 1.165) is 11.4 Å². The van der Waals surface area contributed by atoms with Crippen molar-refractivity contribution in [2.75, 3.05) is 5.43 Å². The lowest BCUT2D eigenvalue weighted by molar-refractivity contribution is 0.0995. The van der Waals surface area contributed by atoms with Crippen molar-refractivity contribution in [2.45, 2.75) is 20.0 Å². The van der Waals surface area contributed by atoms with E-state index in [1.807, 2.05) is 38.1 Å². The highest BCUT2D eigenvalue weighted by atomic mass is 16.5. The van der Waals surface area contributed by atoms with Crippen molar-refractivity contribution >= 4 is 11.6 Å². The molecule has 3 N–H and O–H groups in total.